The number of phenols is 1. The molecule has 106 valence electrons. The van der Waals surface area contributed by atoms with Crippen molar-refractivity contribution in [3.05, 3.63) is 46.3 Å². The molecule has 0 spiro atoms. The predicted molar refractivity (Wildman–Crippen MR) is 80.5 cm³/mol. The first-order valence-corrected chi connectivity index (χ1v) is 6.69. The molecule has 4 nitrogen and oxygen atoms in total. The largest absolute Gasteiger partial charge is 0.506 e. The van der Waals surface area contributed by atoms with Crippen molar-refractivity contribution in [2.45, 2.75) is 20.3 Å². The Morgan fingerprint density at radius 2 is 2.15 bits per heavy atom. The number of hydrogen-bond acceptors (Lipinski definition) is 3. The summed E-state index contributed by atoms with van der Waals surface area (Å²) in [5.74, 6) is 0.653. The van der Waals surface area contributed by atoms with Gasteiger partial charge in [-0.25, -0.2) is 0 Å². The van der Waals surface area contributed by atoms with Gasteiger partial charge in [-0.05, 0) is 32.4 Å². The van der Waals surface area contributed by atoms with Crippen molar-refractivity contribution in [2.75, 3.05) is 6.61 Å². The fraction of sp³-hybridized carbons (Fsp3) is 0.312. The summed E-state index contributed by atoms with van der Waals surface area (Å²) in [4.78, 5) is 12.5. The number of rotatable bonds is 4. The fourth-order valence-electron chi connectivity index (χ4n) is 2.36. The molecule has 1 N–H and O–H groups in total. The number of ether oxygens (including phenoxy) is 1. The van der Waals surface area contributed by atoms with E-state index in [-0.39, 0.29) is 11.3 Å². The zero-order valence-corrected chi connectivity index (χ0v) is 12.0. The second kappa shape index (κ2) is 5.82. The Morgan fingerprint density at radius 3 is 2.80 bits per heavy atom. The molecule has 0 radical (unpaired) electrons. The van der Waals surface area contributed by atoms with Crippen molar-refractivity contribution >= 4 is 10.9 Å². The van der Waals surface area contributed by atoms with E-state index in [1.807, 2.05) is 32.1 Å². The lowest BCUT2D eigenvalue weighted by Crippen LogP contribution is -2.22. The summed E-state index contributed by atoms with van der Waals surface area (Å²) < 4.78 is 7.16. The number of para-hydroxylation sites is 1. The van der Waals surface area contributed by atoms with Crippen molar-refractivity contribution in [2.24, 2.45) is 7.05 Å². The van der Waals surface area contributed by atoms with E-state index in [1.165, 1.54) is 4.57 Å². The first kappa shape index (κ1) is 14.2. The minimum Gasteiger partial charge on any atom is -0.506 e. The van der Waals surface area contributed by atoms with Gasteiger partial charge in [0.05, 0.1) is 17.7 Å². The maximum Gasteiger partial charge on any atom is 0.258 e. The van der Waals surface area contributed by atoms with Crippen LogP contribution in [-0.2, 0) is 13.5 Å². The van der Waals surface area contributed by atoms with Crippen molar-refractivity contribution in [1.82, 2.24) is 4.57 Å². The Kier molecular flexibility index (Phi) is 4.13. The highest BCUT2D eigenvalue weighted by Gasteiger charge is 2.17. The van der Waals surface area contributed by atoms with Crippen LogP contribution in [0.2, 0.25) is 0 Å². The maximum absolute atomic E-state index is 12.5. The number of aromatic nitrogens is 1. The third-order valence-corrected chi connectivity index (χ3v) is 3.28. The second-order valence-corrected chi connectivity index (χ2v) is 4.55. The standard InChI is InChI=1S/C16H19NO3/c1-4-6-8-12-15(20-5-2)11-9-7-10-13(18)14(11)17(3)16(12)19/h4,6-7,9-10,18H,5,8H2,1-3H3. The Labute approximate surface area is 117 Å². The lowest BCUT2D eigenvalue weighted by Gasteiger charge is -2.15. The molecule has 0 aliphatic carbocycles. The van der Waals surface area contributed by atoms with E-state index in [0.717, 1.165) is 5.39 Å². The SMILES string of the molecule is CC=CCc1c(OCC)c2cccc(O)c2n(C)c1=O. The van der Waals surface area contributed by atoms with E-state index in [9.17, 15) is 9.90 Å². The van der Waals surface area contributed by atoms with Crippen molar-refractivity contribution in [3.63, 3.8) is 0 Å². The summed E-state index contributed by atoms with van der Waals surface area (Å²) in [5.41, 5.74) is 0.983. The van der Waals surface area contributed by atoms with Gasteiger partial charge in [-0.3, -0.25) is 4.79 Å². The highest BCUT2D eigenvalue weighted by molar-refractivity contribution is 5.91. The van der Waals surface area contributed by atoms with Crippen LogP contribution in [0.1, 0.15) is 19.4 Å². The van der Waals surface area contributed by atoms with E-state index in [1.54, 1.807) is 19.2 Å². The van der Waals surface area contributed by atoms with Crippen LogP contribution in [0.5, 0.6) is 11.5 Å². The van der Waals surface area contributed by atoms with Crippen LogP contribution in [0.4, 0.5) is 0 Å². The van der Waals surface area contributed by atoms with E-state index < -0.39 is 0 Å². The van der Waals surface area contributed by atoms with Crippen LogP contribution in [-0.4, -0.2) is 16.3 Å². The van der Waals surface area contributed by atoms with Gasteiger partial charge in [0.2, 0.25) is 0 Å². The van der Waals surface area contributed by atoms with Gasteiger partial charge in [-0.2, -0.15) is 0 Å². The lowest BCUT2D eigenvalue weighted by atomic mass is 10.1. The van der Waals surface area contributed by atoms with Gasteiger partial charge >= 0.3 is 0 Å². The van der Waals surface area contributed by atoms with Gasteiger partial charge in [-0.15, -0.1) is 0 Å². The maximum atomic E-state index is 12.5. The minimum atomic E-state index is -0.138. The number of aryl methyl sites for hydroxylation is 1. The van der Waals surface area contributed by atoms with Crippen LogP contribution in [0.15, 0.2) is 35.1 Å². The molecule has 0 bridgehead atoms. The molecule has 1 aromatic heterocycles. The molecule has 0 fully saturated rings. The first-order valence-electron chi connectivity index (χ1n) is 6.69. The number of hydrogen-bond donors (Lipinski definition) is 1. The summed E-state index contributed by atoms with van der Waals surface area (Å²) in [7, 11) is 1.67. The quantitative estimate of drug-likeness (QED) is 0.871. The molecule has 1 heterocycles. The number of pyridine rings is 1. The lowest BCUT2D eigenvalue weighted by molar-refractivity contribution is 0.340. The zero-order valence-electron chi connectivity index (χ0n) is 12.0. The highest BCUT2D eigenvalue weighted by Crippen LogP contribution is 2.32. The normalized spacial score (nSPS) is 11.3. The molecule has 0 aliphatic heterocycles. The summed E-state index contributed by atoms with van der Waals surface area (Å²) in [6, 6.07) is 5.19. The molecule has 0 saturated carbocycles. The third-order valence-electron chi connectivity index (χ3n) is 3.28. The average molecular weight is 273 g/mol. The smallest absolute Gasteiger partial charge is 0.258 e. The topological polar surface area (TPSA) is 51.5 Å². The van der Waals surface area contributed by atoms with Gasteiger partial charge in [0, 0.05) is 12.4 Å². The second-order valence-electron chi connectivity index (χ2n) is 4.55. The summed E-state index contributed by atoms with van der Waals surface area (Å²) in [5, 5.41) is 10.8. The van der Waals surface area contributed by atoms with Gasteiger partial charge in [-0.1, -0.05) is 18.2 Å². The molecule has 0 aliphatic rings. The number of benzene rings is 1. The van der Waals surface area contributed by atoms with Gasteiger partial charge in [0.15, 0.2) is 0 Å². The number of phenolic OH excluding ortho intramolecular Hbond substituents is 1. The molecule has 0 amide bonds. The number of aromatic hydroxyl groups is 1. The molecule has 2 aromatic rings. The number of fused-ring (bicyclic) bond motifs is 1. The fourth-order valence-corrected chi connectivity index (χ4v) is 2.36. The predicted octanol–water partition coefficient (Wildman–Crippen LogP) is 2.76. The molecular formula is C16H19NO3. The summed E-state index contributed by atoms with van der Waals surface area (Å²) >= 11 is 0. The summed E-state index contributed by atoms with van der Waals surface area (Å²) in [6.07, 6.45) is 4.35. The molecule has 0 atom stereocenters. The molecule has 4 heteroatoms. The first-order chi connectivity index (χ1) is 9.61. The van der Waals surface area contributed by atoms with Crippen LogP contribution < -0.4 is 10.3 Å². The van der Waals surface area contributed by atoms with E-state index in [0.29, 0.717) is 29.9 Å². The van der Waals surface area contributed by atoms with Crippen LogP contribution in [0.3, 0.4) is 0 Å². The van der Waals surface area contributed by atoms with Crippen molar-refractivity contribution in [1.29, 1.82) is 0 Å². The Bertz CT molecular complexity index is 714. The van der Waals surface area contributed by atoms with Crippen molar-refractivity contribution < 1.29 is 9.84 Å². The van der Waals surface area contributed by atoms with E-state index in [2.05, 4.69) is 0 Å². The monoisotopic (exact) mass is 273 g/mol. The van der Waals surface area contributed by atoms with Crippen LogP contribution in [0.25, 0.3) is 10.9 Å². The molecule has 2 rings (SSSR count). The Hall–Kier alpha value is -2.23. The molecule has 0 saturated heterocycles. The number of nitrogens with zero attached hydrogens (tertiary/aromatic N) is 1. The summed E-state index contributed by atoms with van der Waals surface area (Å²) in [6.45, 7) is 4.27. The van der Waals surface area contributed by atoms with E-state index in [4.69, 9.17) is 4.74 Å². The van der Waals surface area contributed by atoms with Crippen molar-refractivity contribution in [3.8, 4) is 11.5 Å². The third kappa shape index (κ3) is 2.29. The molecule has 1 aromatic carbocycles. The Morgan fingerprint density at radius 1 is 1.40 bits per heavy atom. The number of allylic oxidation sites excluding steroid dienone is 2. The Balaban J connectivity index is 2.88. The molecular weight excluding hydrogens is 254 g/mol. The molecule has 0 unspecified atom stereocenters. The highest BCUT2D eigenvalue weighted by atomic mass is 16.5. The van der Waals surface area contributed by atoms with Gasteiger partial charge in [0.1, 0.15) is 11.5 Å². The van der Waals surface area contributed by atoms with Crippen LogP contribution >= 0.6 is 0 Å². The molecule has 20 heavy (non-hydrogen) atoms. The zero-order chi connectivity index (χ0) is 14.7. The van der Waals surface area contributed by atoms with Gasteiger partial charge in [0.25, 0.3) is 5.56 Å². The van der Waals surface area contributed by atoms with E-state index >= 15 is 0 Å². The average Bonchev–Trinajstić information content (AvgIpc) is 2.44. The van der Waals surface area contributed by atoms with Gasteiger partial charge < -0.3 is 14.4 Å². The van der Waals surface area contributed by atoms with Crippen LogP contribution in [0, 0.1) is 0 Å². The minimum absolute atomic E-state index is 0.0839.